The van der Waals surface area contributed by atoms with Gasteiger partial charge in [0.1, 0.15) is 10.6 Å². The Hall–Kier alpha value is -1.07. The molecule has 88 valence electrons. The van der Waals surface area contributed by atoms with E-state index < -0.39 is 16.5 Å². The molecule has 0 bridgehead atoms. The van der Waals surface area contributed by atoms with Crippen molar-refractivity contribution in [3.8, 4) is 0 Å². The summed E-state index contributed by atoms with van der Waals surface area (Å²) in [5.41, 5.74) is 0.387. The number of carbonyl (C=O) groups is 1. The summed E-state index contributed by atoms with van der Waals surface area (Å²) in [4.78, 5) is 11.2. The molecule has 0 radical (unpaired) electrons. The summed E-state index contributed by atoms with van der Waals surface area (Å²) in [6, 6.07) is 5.52. The highest BCUT2D eigenvalue weighted by Crippen LogP contribution is 2.36. The number of thioether (sulfide) groups is 1. The predicted octanol–water partition coefficient (Wildman–Crippen LogP) is 1.85. The van der Waals surface area contributed by atoms with Crippen LogP contribution in [0, 0.1) is 5.82 Å². The number of halogens is 1. The number of aliphatic hydroxyl groups is 1. The Kier molecular flexibility index (Phi) is 4.32. The van der Waals surface area contributed by atoms with Gasteiger partial charge in [0, 0.05) is 5.75 Å². The van der Waals surface area contributed by atoms with Gasteiger partial charge >= 0.3 is 5.97 Å². The van der Waals surface area contributed by atoms with E-state index in [-0.39, 0.29) is 6.61 Å². The summed E-state index contributed by atoms with van der Waals surface area (Å²) in [6.07, 6.45) is 0. The van der Waals surface area contributed by atoms with E-state index in [9.17, 15) is 14.3 Å². The van der Waals surface area contributed by atoms with Crippen molar-refractivity contribution in [3.63, 3.8) is 0 Å². The highest BCUT2D eigenvalue weighted by molar-refractivity contribution is 8.00. The molecule has 0 saturated heterocycles. The molecule has 2 N–H and O–H groups in total. The highest BCUT2D eigenvalue weighted by Gasteiger charge is 2.35. The van der Waals surface area contributed by atoms with Gasteiger partial charge in [-0.15, -0.1) is 11.8 Å². The maximum atomic E-state index is 13.0. The fourth-order valence-corrected chi connectivity index (χ4v) is 2.22. The molecule has 0 spiro atoms. The first-order valence-electron chi connectivity index (χ1n) is 4.75. The van der Waals surface area contributed by atoms with E-state index in [0.717, 1.165) is 11.8 Å². The quantitative estimate of drug-likeness (QED) is 0.830. The average molecular weight is 244 g/mol. The minimum absolute atomic E-state index is 0.108. The molecule has 1 aromatic carbocycles. The normalized spacial score (nSPS) is 14.4. The SMILES string of the molecule is CC(SCCO)(C(=O)O)c1cccc(F)c1. The number of rotatable bonds is 5. The van der Waals surface area contributed by atoms with Crippen LogP contribution in [-0.2, 0) is 9.54 Å². The first kappa shape index (κ1) is 13.0. The lowest BCUT2D eigenvalue weighted by Crippen LogP contribution is -2.29. The lowest BCUT2D eigenvalue weighted by molar-refractivity contribution is -0.139. The second kappa shape index (κ2) is 5.32. The van der Waals surface area contributed by atoms with Crippen LogP contribution < -0.4 is 0 Å². The number of carboxylic acids is 1. The van der Waals surface area contributed by atoms with E-state index in [4.69, 9.17) is 5.11 Å². The number of aliphatic carboxylic acids is 1. The van der Waals surface area contributed by atoms with Gasteiger partial charge in [-0.05, 0) is 24.6 Å². The van der Waals surface area contributed by atoms with Gasteiger partial charge in [0.25, 0.3) is 0 Å². The summed E-state index contributed by atoms with van der Waals surface area (Å²) in [6.45, 7) is 1.40. The first-order valence-corrected chi connectivity index (χ1v) is 5.73. The summed E-state index contributed by atoms with van der Waals surface area (Å²) < 4.78 is 11.8. The second-order valence-corrected chi connectivity index (χ2v) is 4.93. The van der Waals surface area contributed by atoms with Gasteiger partial charge in [-0.2, -0.15) is 0 Å². The van der Waals surface area contributed by atoms with Gasteiger partial charge in [-0.3, -0.25) is 4.79 Å². The smallest absolute Gasteiger partial charge is 0.324 e. The molecule has 0 aliphatic carbocycles. The van der Waals surface area contributed by atoms with Gasteiger partial charge in [-0.1, -0.05) is 12.1 Å². The molecule has 0 aromatic heterocycles. The maximum absolute atomic E-state index is 13.0. The van der Waals surface area contributed by atoms with Crippen LogP contribution in [-0.4, -0.2) is 28.5 Å². The van der Waals surface area contributed by atoms with E-state index >= 15 is 0 Å². The van der Waals surface area contributed by atoms with Gasteiger partial charge < -0.3 is 10.2 Å². The Morgan fingerprint density at radius 2 is 2.25 bits per heavy atom. The van der Waals surface area contributed by atoms with E-state index in [1.54, 1.807) is 6.07 Å². The third-order valence-corrected chi connectivity index (χ3v) is 3.64. The second-order valence-electron chi connectivity index (χ2n) is 3.42. The lowest BCUT2D eigenvalue weighted by atomic mass is 10.0. The molecule has 0 heterocycles. The molecule has 1 rings (SSSR count). The van der Waals surface area contributed by atoms with E-state index in [1.807, 2.05) is 0 Å². The molecule has 5 heteroatoms. The van der Waals surface area contributed by atoms with Gasteiger partial charge in [-0.25, -0.2) is 4.39 Å². The number of aliphatic hydroxyl groups excluding tert-OH is 1. The molecule has 1 unspecified atom stereocenters. The van der Waals surface area contributed by atoms with E-state index in [0.29, 0.717) is 11.3 Å². The van der Waals surface area contributed by atoms with Gasteiger partial charge in [0.15, 0.2) is 0 Å². The Labute approximate surface area is 97.3 Å². The number of carboxylic acid groups (broad SMARTS) is 1. The van der Waals surface area contributed by atoms with Crippen molar-refractivity contribution in [3.05, 3.63) is 35.6 Å². The Morgan fingerprint density at radius 3 is 2.75 bits per heavy atom. The maximum Gasteiger partial charge on any atom is 0.324 e. The van der Waals surface area contributed by atoms with Crippen molar-refractivity contribution in [1.29, 1.82) is 0 Å². The average Bonchev–Trinajstić information content (AvgIpc) is 2.25. The molecule has 0 amide bonds. The van der Waals surface area contributed by atoms with Crippen molar-refractivity contribution < 1.29 is 19.4 Å². The molecule has 16 heavy (non-hydrogen) atoms. The zero-order valence-electron chi connectivity index (χ0n) is 8.81. The topological polar surface area (TPSA) is 57.5 Å². The summed E-state index contributed by atoms with van der Waals surface area (Å²) >= 11 is 1.08. The van der Waals surface area contributed by atoms with Crippen LogP contribution in [0.25, 0.3) is 0 Å². The van der Waals surface area contributed by atoms with Crippen LogP contribution >= 0.6 is 11.8 Å². The van der Waals surface area contributed by atoms with Crippen LogP contribution in [0.15, 0.2) is 24.3 Å². The fraction of sp³-hybridized carbons (Fsp3) is 0.364. The molecule has 0 aliphatic rings. The zero-order valence-corrected chi connectivity index (χ0v) is 9.63. The minimum atomic E-state index is -1.23. The Balaban J connectivity index is 3.06. The summed E-state index contributed by atoms with van der Waals surface area (Å²) in [5.74, 6) is -1.22. The van der Waals surface area contributed by atoms with Gasteiger partial charge in [0.05, 0.1) is 6.61 Å². The van der Waals surface area contributed by atoms with Crippen LogP contribution in [0.3, 0.4) is 0 Å². The minimum Gasteiger partial charge on any atom is -0.480 e. The van der Waals surface area contributed by atoms with Crippen LogP contribution in [0.4, 0.5) is 4.39 Å². The van der Waals surface area contributed by atoms with E-state index in [2.05, 4.69) is 0 Å². The van der Waals surface area contributed by atoms with Crippen LogP contribution in [0.2, 0.25) is 0 Å². The third kappa shape index (κ3) is 2.74. The standard InChI is InChI=1S/C11H13FO3S/c1-11(10(14)15,16-6-5-13)8-3-2-4-9(12)7-8/h2-4,7,13H,5-6H2,1H3,(H,14,15). The lowest BCUT2D eigenvalue weighted by Gasteiger charge is -2.24. The molecule has 1 aromatic rings. The monoisotopic (exact) mass is 244 g/mol. The predicted molar refractivity (Wildman–Crippen MR) is 60.9 cm³/mol. The van der Waals surface area contributed by atoms with Crippen LogP contribution in [0.1, 0.15) is 12.5 Å². The van der Waals surface area contributed by atoms with Crippen molar-refractivity contribution in [1.82, 2.24) is 0 Å². The molecular weight excluding hydrogens is 231 g/mol. The van der Waals surface area contributed by atoms with E-state index in [1.165, 1.54) is 25.1 Å². The zero-order chi connectivity index (χ0) is 12.2. The number of benzene rings is 1. The molecule has 0 saturated carbocycles. The molecule has 3 nitrogen and oxygen atoms in total. The number of hydrogen-bond acceptors (Lipinski definition) is 3. The molecule has 0 aliphatic heterocycles. The fourth-order valence-electron chi connectivity index (χ4n) is 1.30. The van der Waals surface area contributed by atoms with Crippen molar-refractivity contribution in [2.24, 2.45) is 0 Å². The van der Waals surface area contributed by atoms with Crippen LogP contribution in [0.5, 0.6) is 0 Å². The summed E-state index contributed by atoms with van der Waals surface area (Å²) in [7, 11) is 0. The third-order valence-electron chi connectivity index (χ3n) is 2.27. The first-order chi connectivity index (χ1) is 7.50. The Morgan fingerprint density at radius 1 is 1.56 bits per heavy atom. The largest absolute Gasteiger partial charge is 0.480 e. The Bertz CT molecular complexity index is 383. The highest BCUT2D eigenvalue weighted by atomic mass is 32.2. The molecular formula is C11H13FO3S. The van der Waals surface area contributed by atoms with Crippen molar-refractivity contribution in [2.45, 2.75) is 11.7 Å². The summed E-state index contributed by atoms with van der Waals surface area (Å²) in [5, 5.41) is 17.9. The number of hydrogen-bond donors (Lipinski definition) is 2. The van der Waals surface area contributed by atoms with Gasteiger partial charge in [0.2, 0.25) is 0 Å². The van der Waals surface area contributed by atoms with Crippen molar-refractivity contribution >= 4 is 17.7 Å². The molecule has 1 atom stereocenters. The van der Waals surface area contributed by atoms with Crippen molar-refractivity contribution in [2.75, 3.05) is 12.4 Å². The molecule has 0 fully saturated rings.